The van der Waals surface area contributed by atoms with Crippen LogP contribution in [0.3, 0.4) is 0 Å². The molecular weight excluding hydrogens is 362 g/mol. The van der Waals surface area contributed by atoms with Crippen LogP contribution in [0.2, 0.25) is 0 Å². The fourth-order valence-electron chi connectivity index (χ4n) is 4.39. The van der Waals surface area contributed by atoms with E-state index in [0.29, 0.717) is 6.54 Å². The number of carbonyl (C=O) groups excluding carboxylic acids is 1. The Kier molecular flexibility index (Phi) is 6.05. The third kappa shape index (κ3) is 4.91. The molecule has 5 heteroatoms. The number of cyclic esters (lactones) is 1. The average Bonchev–Trinajstić information content (AvgIpc) is 3.11. The van der Waals surface area contributed by atoms with Crippen LogP contribution < -0.4 is 10.6 Å². The lowest BCUT2D eigenvalue weighted by molar-refractivity contribution is 0.0914. The molecule has 0 saturated carbocycles. The van der Waals surface area contributed by atoms with Crippen LogP contribution >= 0.6 is 0 Å². The number of nitrogen functional groups attached to an aromatic ring is 1. The third-order valence-corrected chi connectivity index (χ3v) is 6.20. The van der Waals surface area contributed by atoms with Crippen LogP contribution in [0, 0.1) is 5.92 Å². The Balaban J connectivity index is 1.25. The second-order valence-corrected chi connectivity index (χ2v) is 8.33. The van der Waals surface area contributed by atoms with Gasteiger partial charge in [0.15, 0.2) is 0 Å². The van der Waals surface area contributed by atoms with E-state index in [1.165, 1.54) is 24.0 Å². The zero-order valence-electron chi connectivity index (χ0n) is 17.2. The lowest BCUT2D eigenvalue weighted by Gasteiger charge is -2.33. The van der Waals surface area contributed by atoms with Crippen LogP contribution in [-0.2, 0) is 17.6 Å². The second-order valence-electron chi connectivity index (χ2n) is 8.33. The second kappa shape index (κ2) is 8.87. The van der Waals surface area contributed by atoms with Crippen molar-refractivity contribution in [2.75, 3.05) is 36.8 Å². The highest BCUT2D eigenvalue weighted by atomic mass is 16.6. The number of carbonyl (C=O) groups is 1. The first-order valence-corrected chi connectivity index (χ1v) is 10.7. The van der Waals surface area contributed by atoms with E-state index in [1.54, 1.807) is 4.90 Å². The molecule has 154 valence electrons. The van der Waals surface area contributed by atoms with Gasteiger partial charge in [-0.2, -0.15) is 0 Å². The van der Waals surface area contributed by atoms with Crippen LogP contribution in [0.4, 0.5) is 16.2 Å². The molecular formula is C24H31N3O2. The van der Waals surface area contributed by atoms with Crippen LogP contribution in [0.25, 0.3) is 0 Å². The molecule has 1 atom stereocenters. The predicted octanol–water partition coefficient (Wildman–Crippen LogP) is 4.11. The summed E-state index contributed by atoms with van der Waals surface area (Å²) >= 11 is 0. The van der Waals surface area contributed by atoms with Gasteiger partial charge in [-0.1, -0.05) is 31.2 Å². The van der Waals surface area contributed by atoms with Crippen LogP contribution in [0.5, 0.6) is 0 Å². The Morgan fingerprint density at radius 2 is 1.66 bits per heavy atom. The highest BCUT2D eigenvalue weighted by molar-refractivity contribution is 5.89. The molecule has 2 aromatic carbocycles. The minimum absolute atomic E-state index is 0.0537. The normalized spacial score (nSPS) is 20.8. The van der Waals surface area contributed by atoms with Gasteiger partial charge in [-0.3, -0.25) is 9.80 Å². The SMILES string of the molecule is CCc1ccc(N2CC(CN3CCC(Cc4ccc(N)cc4)CC3)OC2=O)cc1. The van der Waals surface area contributed by atoms with E-state index in [-0.39, 0.29) is 12.2 Å². The Labute approximate surface area is 173 Å². The summed E-state index contributed by atoms with van der Waals surface area (Å²) in [6.07, 6.45) is 4.22. The number of nitrogens with zero attached hydrogens (tertiary/aromatic N) is 2. The largest absolute Gasteiger partial charge is 0.443 e. The lowest BCUT2D eigenvalue weighted by Crippen LogP contribution is -2.40. The molecule has 29 heavy (non-hydrogen) atoms. The zero-order chi connectivity index (χ0) is 20.2. The maximum absolute atomic E-state index is 12.3. The van der Waals surface area contributed by atoms with Gasteiger partial charge in [-0.05, 0) is 80.1 Å². The first-order chi connectivity index (χ1) is 14.1. The van der Waals surface area contributed by atoms with Crippen molar-refractivity contribution in [3.63, 3.8) is 0 Å². The number of rotatable bonds is 6. The number of hydrogen-bond donors (Lipinski definition) is 1. The molecule has 0 radical (unpaired) electrons. The summed E-state index contributed by atoms with van der Waals surface area (Å²) in [6.45, 7) is 5.73. The average molecular weight is 394 g/mol. The molecule has 0 spiro atoms. The first-order valence-electron chi connectivity index (χ1n) is 10.7. The number of nitrogens with two attached hydrogens (primary N) is 1. The molecule has 5 nitrogen and oxygen atoms in total. The Morgan fingerprint density at radius 1 is 1.00 bits per heavy atom. The number of ether oxygens (including phenoxy) is 1. The van der Waals surface area contributed by atoms with Crippen LogP contribution in [-0.4, -0.2) is 43.3 Å². The van der Waals surface area contributed by atoms with Gasteiger partial charge < -0.3 is 10.5 Å². The Bertz CT molecular complexity index is 811. The molecule has 1 unspecified atom stereocenters. The van der Waals surface area contributed by atoms with Crippen molar-refractivity contribution in [1.29, 1.82) is 0 Å². The van der Waals surface area contributed by atoms with Crippen molar-refractivity contribution in [2.24, 2.45) is 5.92 Å². The predicted molar refractivity (Wildman–Crippen MR) is 117 cm³/mol. The summed E-state index contributed by atoms with van der Waals surface area (Å²) in [4.78, 5) is 16.5. The van der Waals surface area contributed by atoms with Gasteiger partial charge in [0, 0.05) is 17.9 Å². The molecule has 2 aromatic rings. The fraction of sp³-hybridized carbons (Fsp3) is 0.458. The van der Waals surface area contributed by atoms with Crippen molar-refractivity contribution in [3.05, 3.63) is 59.7 Å². The summed E-state index contributed by atoms with van der Waals surface area (Å²) in [5, 5.41) is 0. The number of amides is 1. The van der Waals surface area contributed by atoms with Gasteiger partial charge in [0.1, 0.15) is 6.10 Å². The Morgan fingerprint density at radius 3 is 2.31 bits per heavy atom. The monoisotopic (exact) mass is 393 g/mol. The molecule has 0 aromatic heterocycles. The number of hydrogen-bond acceptors (Lipinski definition) is 4. The number of aryl methyl sites for hydroxylation is 1. The molecule has 2 heterocycles. The van der Waals surface area contributed by atoms with E-state index >= 15 is 0 Å². The van der Waals surface area contributed by atoms with Crippen molar-refractivity contribution in [3.8, 4) is 0 Å². The first kappa shape index (κ1) is 19.8. The van der Waals surface area contributed by atoms with E-state index in [2.05, 4.69) is 36.1 Å². The minimum Gasteiger partial charge on any atom is -0.443 e. The smallest absolute Gasteiger partial charge is 0.414 e. The summed E-state index contributed by atoms with van der Waals surface area (Å²) in [6, 6.07) is 16.5. The molecule has 2 aliphatic rings. The highest BCUT2D eigenvalue weighted by Crippen LogP contribution is 2.25. The van der Waals surface area contributed by atoms with Gasteiger partial charge in [0.2, 0.25) is 0 Å². The summed E-state index contributed by atoms with van der Waals surface area (Å²) in [7, 11) is 0. The summed E-state index contributed by atoms with van der Waals surface area (Å²) < 4.78 is 5.65. The maximum Gasteiger partial charge on any atom is 0.414 e. The molecule has 4 rings (SSSR count). The van der Waals surface area contributed by atoms with Crippen LogP contribution in [0.1, 0.15) is 30.9 Å². The van der Waals surface area contributed by atoms with Crippen molar-refractivity contribution < 1.29 is 9.53 Å². The molecule has 2 saturated heterocycles. The van der Waals surface area contributed by atoms with E-state index in [4.69, 9.17) is 10.5 Å². The molecule has 2 N–H and O–H groups in total. The zero-order valence-corrected chi connectivity index (χ0v) is 17.2. The minimum atomic E-state index is -0.225. The molecule has 2 aliphatic heterocycles. The van der Waals surface area contributed by atoms with Crippen molar-refractivity contribution >= 4 is 17.5 Å². The van der Waals surface area contributed by atoms with E-state index in [1.807, 2.05) is 24.3 Å². The Hall–Kier alpha value is -2.53. The molecule has 0 aliphatic carbocycles. The lowest BCUT2D eigenvalue weighted by atomic mass is 9.90. The number of anilines is 2. The van der Waals surface area contributed by atoms with Gasteiger partial charge in [-0.25, -0.2) is 4.79 Å². The van der Waals surface area contributed by atoms with Crippen molar-refractivity contribution in [2.45, 2.75) is 38.7 Å². The number of benzene rings is 2. The van der Waals surface area contributed by atoms with Crippen LogP contribution in [0.15, 0.2) is 48.5 Å². The standard InChI is InChI=1S/C24H31N3O2/c1-2-18-5-9-22(10-6-18)27-17-23(29-24(27)28)16-26-13-11-20(12-14-26)15-19-3-7-21(25)8-4-19/h3-10,20,23H,2,11-17,25H2,1H3. The van der Waals surface area contributed by atoms with Gasteiger partial charge >= 0.3 is 6.09 Å². The van der Waals surface area contributed by atoms with Crippen molar-refractivity contribution in [1.82, 2.24) is 4.90 Å². The quantitative estimate of drug-likeness (QED) is 0.751. The third-order valence-electron chi connectivity index (χ3n) is 6.20. The molecule has 1 amide bonds. The van der Waals surface area contributed by atoms with E-state index in [0.717, 1.165) is 49.8 Å². The van der Waals surface area contributed by atoms with E-state index < -0.39 is 0 Å². The highest BCUT2D eigenvalue weighted by Gasteiger charge is 2.34. The number of likely N-dealkylation sites (tertiary alicyclic amines) is 1. The molecule has 0 bridgehead atoms. The van der Waals surface area contributed by atoms with Gasteiger partial charge in [-0.15, -0.1) is 0 Å². The number of piperidine rings is 1. The summed E-state index contributed by atoms with van der Waals surface area (Å²) in [5.41, 5.74) is 10.2. The summed E-state index contributed by atoms with van der Waals surface area (Å²) in [5.74, 6) is 0.717. The topological polar surface area (TPSA) is 58.8 Å². The fourth-order valence-corrected chi connectivity index (χ4v) is 4.39. The van der Waals surface area contributed by atoms with Gasteiger partial charge in [0.05, 0.1) is 6.54 Å². The molecule has 2 fully saturated rings. The maximum atomic E-state index is 12.3. The van der Waals surface area contributed by atoms with E-state index in [9.17, 15) is 4.79 Å². The van der Waals surface area contributed by atoms with Gasteiger partial charge in [0.25, 0.3) is 0 Å².